The molecule has 7 rings (SSSR count). The van der Waals surface area contributed by atoms with E-state index in [1.807, 2.05) is 36.5 Å². The summed E-state index contributed by atoms with van der Waals surface area (Å²) in [5.41, 5.74) is 1.74. The Morgan fingerprint density at radius 3 is 2.59 bits per heavy atom. The molecule has 2 aromatic heterocycles. The lowest BCUT2D eigenvalue weighted by Crippen LogP contribution is -2.42. The van der Waals surface area contributed by atoms with Gasteiger partial charge in [-0.05, 0) is 47.9 Å². The summed E-state index contributed by atoms with van der Waals surface area (Å²) in [7, 11) is 0. The van der Waals surface area contributed by atoms with E-state index in [4.69, 9.17) is 0 Å². The van der Waals surface area contributed by atoms with Crippen LogP contribution in [0.4, 0.5) is 5.69 Å². The molecule has 2 bridgehead atoms. The number of para-hydroxylation sites is 1. The molecule has 37 heavy (non-hydrogen) atoms. The number of rotatable bonds is 5. The van der Waals surface area contributed by atoms with Gasteiger partial charge in [-0.25, -0.2) is 0 Å². The van der Waals surface area contributed by atoms with Crippen LogP contribution in [0.5, 0.6) is 0 Å². The number of pyridine rings is 1. The fraction of sp³-hybridized carbons (Fsp3) is 0.370. The number of imide groups is 1. The molecule has 188 valence electrons. The van der Waals surface area contributed by atoms with Crippen molar-refractivity contribution < 1.29 is 14.4 Å². The molecule has 4 heterocycles. The molecule has 7 unspecified atom stereocenters. The molecule has 3 fully saturated rings. The number of hydrogen-bond donors (Lipinski definition) is 2. The standard InChI is InChI=1S/C27H24N4O4S2/c32-17(29-14-6-2-1-3-7-14)8-10-31-25(33)20-15-11-16(21(20)26(31)34)22-19(15)18(13-5-4-9-28-12-13)23-24(36-22)30-27(35)37-23/h1-7,9,12,15-16,18-22H,8,10-11H2,(H,29,32)(H,30,35). The van der Waals surface area contributed by atoms with Crippen molar-refractivity contribution in [1.29, 1.82) is 0 Å². The molecule has 10 heteroatoms. The predicted molar refractivity (Wildman–Crippen MR) is 139 cm³/mol. The van der Waals surface area contributed by atoms with Gasteiger partial charge < -0.3 is 10.3 Å². The van der Waals surface area contributed by atoms with E-state index >= 15 is 0 Å². The quantitative estimate of drug-likeness (QED) is 0.488. The fourth-order valence-electron chi connectivity index (χ4n) is 7.19. The van der Waals surface area contributed by atoms with Crippen LogP contribution < -0.4 is 10.2 Å². The molecule has 1 aromatic carbocycles. The maximum absolute atomic E-state index is 13.6. The number of thioether (sulfide) groups is 1. The Morgan fingerprint density at radius 2 is 1.84 bits per heavy atom. The van der Waals surface area contributed by atoms with Crippen LogP contribution in [0, 0.1) is 29.6 Å². The summed E-state index contributed by atoms with van der Waals surface area (Å²) in [6, 6.07) is 13.1. The largest absolute Gasteiger partial charge is 0.326 e. The molecule has 0 radical (unpaired) electrons. The molecule has 3 aromatic rings. The molecular formula is C27H24N4O4S2. The minimum Gasteiger partial charge on any atom is -0.326 e. The number of carbonyl (C=O) groups excluding carboxylic acids is 3. The normalized spacial score (nSPS) is 31.2. The van der Waals surface area contributed by atoms with E-state index in [1.165, 1.54) is 16.2 Å². The van der Waals surface area contributed by atoms with E-state index in [1.54, 1.807) is 30.1 Å². The lowest BCUT2D eigenvalue weighted by molar-refractivity contribution is -0.141. The van der Waals surface area contributed by atoms with E-state index < -0.39 is 0 Å². The first-order chi connectivity index (χ1) is 18.0. The summed E-state index contributed by atoms with van der Waals surface area (Å²) in [6.07, 6.45) is 4.50. The van der Waals surface area contributed by atoms with Gasteiger partial charge in [0, 0.05) is 47.1 Å². The number of nitrogens with one attached hydrogen (secondary N) is 2. The van der Waals surface area contributed by atoms with Gasteiger partial charge in [0.2, 0.25) is 17.7 Å². The van der Waals surface area contributed by atoms with Crippen LogP contribution in [0.15, 0.2) is 64.7 Å². The third kappa shape index (κ3) is 3.53. The van der Waals surface area contributed by atoms with Crippen LogP contribution in [0.1, 0.15) is 29.2 Å². The van der Waals surface area contributed by atoms with Crippen LogP contribution in [0.3, 0.4) is 0 Å². The zero-order valence-electron chi connectivity index (χ0n) is 19.7. The van der Waals surface area contributed by atoms with E-state index in [2.05, 4.69) is 15.3 Å². The number of nitrogens with zero attached hydrogens (tertiary/aromatic N) is 2. The van der Waals surface area contributed by atoms with Crippen molar-refractivity contribution in [2.75, 3.05) is 11.9 Å². The van der Waals surface area contributed by atoms with Gasteiger partial charge in [-0.15, -0.1) is 11.8 Å². The topological polar surface area (TPSA) is 112 Å². The lowest BCUT2D eigenvalue weighted by Gasteiger charge is -2.42. The second kappa shape index (κ2) is 8.66. The van der Waals surface area contributed by atoms with Crippen LogP contribution in [-0.2, 0) is 14.4 Å². The molecule has 0 spiro atoms. The number of benzene rings is 1. The summed E-state index contributed by atoms with van der Waals surface area (Å²) in [4.78, 5) is 61.6. The van der Waals surface area contributed by atoms with Crippen molar-refractivity contribution in [3.63, 3.8) is 0 Å². The van der Waals surface area contributed by atoms with Gasteiger partial charge in [0.1, 0.15) is 0 Å². The highest BCUT2D eigenvalue weighted by molar-refractivity contribution is 8.00. The SMILES string of the molecule is O=C(CCN1C(=O)C2C3CC(C2C1=O)C1C(c2cccnc2)c2sc(=O)[nH]c2SC31)Nc1ccccc1. The van der Waals surface area contributed by atoms with Crippen LogP contribution in [0.2, 0.25) is 0 Å². The van der Waals surface area contributed by atoms with Crippen molar-refractivity contribution in [3.8, 4) is 0 Å². The molecular weight excluding hydrogens is 508 g/mol. The summed E-state index contributed by atoms with van der Waals surface area (Å²) >= 11 is 2.91. The molecule has 7 atom stereocenters. The van der Waals surface area contributed by atoms with Crippen LogP contribution in [0.25, 0.3) is 0 Å². The van der Waals surface area contributed by atoms with Gasteiger partial charge in [-0.1, -0.05) is 35.6 Å². The first-order valence-electron chi connectivity index (χ1n) is 12.5. The highest BCUT2D eigenvalue weighted by Crippen LogP contribution is 2.68. The van der Waals surface area contributed by atoms with E-state index in [-0.39, 0.29) is 76.3 Å². The van der Waals surface area contributed by atoms with Gasteiger partial charge in [0.25, 0.3) is 0 Å². The van der Waals surface area contributed by atoms with Crippen molar-refractivity contribution in [2.45, 2.75) is 29.0 Å². The van der Waals surface area contributed by atoms with Gasteiger partial charge in [0.15, 0.2) is 0 Å². The highest BCUT2D eigenvalue weighted by Gasteiger charge is 2.69. The fourth-order valence-corrected chi connectivity index (χ4v) is 10.1. The molecule has 8 nitrogen and oxygen atoms in total. The van der Waals surface area contributed by atoms with Gasteiger partial charge in [-0.3, -0.25) is 29.1 Å². The van der Waals surface area contributed by atoms with Gasteiger partial charge in [-0.2, -0.15) is 0 Å². The number of thiazole rings is 1. The van der Waals surface area contributed by atoms with E-state index in [0.717, 1.165) is 21.9 Å². The molecule has 2 saturated carbocycles. The number of aromatic amines is 1. The number of fused-ring (bicyclic) bond motifs is 9. The molecule has 3 amide bonds. The van der Waals surface area contributed by atoms with E-state index in [9.17, 15) is 19.2 Å². The van der Waals surface area contributed by atoms with Crippen molar-refractivity contribution in [3.05, 3.63) is 75.0 Å². The second-order valence-corrected chi connectivity index (χ2v) is 12.4. The number of hydrogen-bond acceptors (Lipinski definition) is 7. The smallest absolute Gasteiger partial charge is 0.305 e. The highest BCUT2D eigenvalue weighted by atomic mass is 32.2. The Bertz CT molecular complexity index is 1460. The summed E-state index contributed by atoms with van der Waals surface area (Å²) in [6.45, 7) is 0.0952. The average molecular weight is 533 g/mol. The monoisotopic (exact) mass is 532 g/mol. The van der Waals surface area contributed by atoms with Crippen molar-refractivity contribution >= 4 is 46.5 Å². The number of carbonyl (C=O) groups is 3. The first-order valence-corrected chi connectivity index (χ1v) is 14.2. The number of aromatic nitrogens is 2. The first kappa shape index (κ1) is 22.9. The number of H-pyrrole nitrogens is 1. The summed E-state index contributed by atoms with van der Waals surface area (Å²) in [5.74, 6) is -0.948. The van der Waals surface area contributed by atoms with Gasteiger partial charge in [0.05, 0.1) is 16.9 Å². The maximum atomic E-state index is 13.6. The van der Waals surface area contributed by atoms with Crippen molar-refractivity contribution in [2.24, 2.45) is 29.6 Å². The lowest BCUT2D eigenvalue weighted by atomic mass is 9.68. The minimum absolute atomic E-state index is 0.0246. The Hall–Kier alpha value is -3.24. The number of amides is 3. The summed E-state index contributed by atoms with van der Waals surface area (Å²) in [5, 5.41) is 3.86. The second-order valence-electron chi connectivity index (χ2n) is 10.2. The predicted octanol–water partition coefficient (Wildman–Crippen LogP) is 3.33. The zero-order chi connectivity index (χ0) is 25.3. The van der Waals surface area contributed by atoms with Crippen LogP contribution >= 0.6 is 23.1 Å². The third-order valence-electron chi connectivity index (χ3n) is 8.48. The molecule has 4 aliphatic rings. The minimum atomic E-state index is -0.354. The molecule has 2 aliphatic heterocycles. The Labute approximate surface area is 220 Å². The average Bonchev–Trinajstić information content (AvgIpc) is 3.63. The van der Waals surface area contributed by atoms with E-state index in [0.29, 0.717) is 5.69 Å². The Morgan fingerprint density at radius 1 is 1.05 bits per heavy atom. The molecule has 1 saturated heterocycles. The maximum Gasteiger partial charge on any atom is 0.305 e. The van der Waals surface area contributed by atoms with Crippen LogP contribution in [-0.4, -0.2) is 44.4 Å². The number of likely N-dealkylation sites (tertiary alicyclic amines) is 1. The molecule has 2 N–H and O–H groups in total. The Kier molecular flexibility index (Phi) is 5.37. The van der Waals surface area contributed by atoms with Crippen molar-refractivity contribution in [1.82, 2.24) is 14.9 Å². The number of anilines is 1. The molecule has 2 aliphatic carbocycles. The Balaban J connectivity index is 1.15. The third-order valence-corrected chi connectivity index (χ3v) is 11.1. The van der Waals surface area contributed by atoms with Gasteiger partial charge >= 0.3 is 4.87 Å². The summed E-state index contributed by atoms with van der Waals surface area (Å²) < 4.78 is 0. The zero-order valence-corrected chi connectivity index (χ0v) is 21.3.